The summed E-state index contributed by atoms with van der Waals surface area (Å²) in [5.41, 5.74) is 7.09. The van der Waals surface area contributed by atoms with Crippen molar-refractivity contribution in [3.63, 3.8) is 0 Å². The SMILES string of the molecule is C[C@@H]1C[C@H]1C(=O)Nc1cccc(C(=O)Nc2cccc(NC(N)=O)c2)c1. The molecule has 0 heterocycles. The lowest BCUT2D eigenvalue weighted by atomic mass is 10.1. The maximum absolute atomic E-state index is 12.4. The molecule has 0 unspecified atom stereocenters. The second-order valence-corrected chi connectivity index (χ2v) is 6.41. The molecule has 7 nitrogen and oxygen atoms in total. The molecule has 4 amide bonds. The van der Waals surface area contributed by atoms with Crippen molar-refractivity contribution in [2.24, 2.45) is 17.6 Å². The monoisotopic (exact) mass is 352 g/mol. The Balaban J connectivity index is 1.67. The van der Waals surface area contributed by atoms with E-state index in [1.807, 2.05) is 6.92 Å². The first-order chi connectivity index (χ1) is 12.4. The number of nitrogens with one attached hydrogen (secondary N) is 3. The van der Waals surface area contributed by atoms with E-state index in [1.165, 1.54) is 0 Å². The third-order valence-corrected chi connectivity index (χ3v) is 4.23. The Morgan fingerprint density at radius 2 is 1.50 bits per heavy atom. The summed E-state index contributed by atoms with van der Waals surface area (Å²) in [6.45, 7) is 2.04. The number of rotatable bonds is 5. The van der Waals surface area contributed by atoms with Crippen LogP contribution in [0, 0.1) is 11.8 Å². The molecule has 134 valence electrons. The standard InChI is InChI=1S/C19H20N4O3/c1-11-8-16(11)18(25)22-13-5-2-4-12(9-13)17(24)21-14-6-3-7-15(10-14)23-19(20)26/h2-7,9-11,16H,8H2,1H3,(H,21,24)(H,22,25)(H3,20,23,26)/t11-,16-/m1/s1. The maximum Gasteiger partial charge on any atom is 0.316 e. The normalized spacial score (nSPS) is 17.9. The highest BCUT2D eigenvalue weighted by Crippen LogP contribution is 2.38. The van der Waals surface area contributed by atoms with Crippen LogP contribution >= 0.6 is 0 Å². The van der Waals surface area contributed by atoms with Gasteiger partial charge in [0.25, 0.3) is 5.91 Å². The van der Waals surface area contributed by atoms with E-state index in [2.05, 4.69) is 16.0 Å². The van der Waals surface area contributed by atoms with Gasteiger partial charge >= 0.3 is 6.03 Å². The Bertz CT molecular complexity index is 865. The lowest BCUT2D eigenvalue weighted by molar-refractivity contribution is -0.117. The summed E-state index contributed by atoms with van der Waals surface area (Å²) in [6, 6.07) is 12.7. The van der Waals surface area contributed by atoms with Crippen molar-refractivity contribution < 1.29 is 14.4 Å². The predicted molar refractivity (Wildman–Crippen MR) is 99.9 cm³/mol. The van der Waals surface area contributed by atoms with Crippen LogP contribution in [0.2, 0.25) is 0 Å². The summed E-state index contributed by atoms with van der Waals surface area (Å²) < 4.78 is 0. The van der Waals surface area contributed by atoms with Gasteiger partial charge in [-0.3, -0.25) is 9.59 Å². The largest absolute Gasteiger partial charge is 0.351 e. The molecule has 1 aliphatic rings. The highest BCUT2D eigenvalue weighted by Gasteiger charge is 2.39. The number of urea groups is 1. The summed E-state index contributed by atoms with van der Waals surface area (Å²) in [4.78, 5) is 35.4. The predicted octanol–water partition coefficient (Wildman–Crippen LogP) is 3.02. The maximum atomic E-state index is 12.4. The van der Waals surface area contributed by atoms with Gasteiger partial charge in [-0.1, -0.05) is 19.1 Å². The van der Waals surface area contributed by atoms with E-state index in [0.717, 1.165) is 6.42 Å². The van der Waals surface area contributed by atoms with E-state index < -0.39 is 6.03 Å². The molecule has 0 aliphatic heterocycles. The van der Waals surface area contributed by atoms with Gasteiger partial charge in [0.15, 0.2) is 0 Å². The van der Waals surface area contributed by atoms with Crippen molar-refractivity contribution in [1.29, 1.82) is 0 Å². The summed E-state index contributed by atoms with van der Waals surface area (Å²) in [5.74, 6) is 0.146. The van der Waals surface area contributed by atoms with E-state index in [0.29, 0.717) is 28.5 Å². The topological polar surface area (TPSA) is 113 Å². The Kier molecular flexibility index (Phi) is 4.88. The van der Waals surface area contributed by atoms with E-state index in [9.17, 15) is 14.4 Å². The van der Waals surface area contributed by atoms with Crippen LogP contribution in [0.15, 0.2) is 48.5 Å². The molecule has 0 bridgehead atoms. The molecule has 0 aromatic heterocycles. The molecular weight excluding hydrogens is 332 g/mol. The number of hydrogen-bond acceptors (Lipinski definition) is 3. The minimum absolute atomic E-state index is 0.0136. The molecule has 0 radical (unpaired) electrons. The zero-order valence-corrected chi connectivity index (χ0v) is 14.3. The fourth-order valence-corrected chi connectivity index (χ4v) is 2.68. The molecular formula is C19H20N4O3. The number of anilines is 3. The van der Waals surface area contributed by atoms with E-state index in [4.69, 9.17) is 5.73 Å². The third kappa shape index (κ3) is 4.38. The molecule has 0 saturated heterocycles. The number of carbonyl (C=O) groups is 3. The van der Waals surface area contributed by atoms with Gasteiger partial charge in [-0.25, -0.2) is 4.79 Å². The first-order valence-electron chi connectivity index (χ1n) is 8.31. The average Bonchev–Trinajstić information content (AvgIpc) is 3.32. The number of hydrogen-bond donors (Lipinski definition) is 4. The van der Waals surface area contributed by atoms with E-state index in [-0.39, 0.29) is 17.7 Å². The number of amides is 4. The summed E-state index contributed by atoms with van der Waals surface area (Å²) in [6.07, 6.45) is 0.904. The van der Waals surface area contributed by atoms with Gasteiger partial charge in [-0.2, -0.15) is 0 Å². The molecule has 1 saturated carbocycles. The van der Waals surface area contributed by atoms with Gasteiger partial charge in [-0.05, 0) is 48.7 Å². The lowest BCUT2D eigenvalue weighted by Crippen LogP contribution is -2.19. The summed E-state index contributed by atoms with van der Waals surface area (Å²) in [5, 5.41) is 8.04. The molecule has 2 aromatic carbocycles. The van der Waals surface area contributed by atoms with Crippen molar-refractivity contribution >= 4 is 34.9 Å². The summed E-state index contributed by atoms with van der Waals surface area (Å²) in [7, 11) is 0. The zero-order chi connectivity index (χ0) is 18.7. The molecule has 7 heteroatoms. The molecule has 26 heavy (non-hydrogen) atoms. The second kappa shape index (κ2) is 7.26. The van der Waals surface area contributed by atoms with Gasteiger partial charge in [0.2, 0.25) is 5.91 Å². The van der Waals surface area contributed by atoms with Crippen molar-refractivity contribution in [1.82, 2.24) is 0 Å². The second-order valence-electron chi connectivity index (χ2n) is 6.41. The Morgan fingerprint density at radius 3 is 2.12 bits per heavy atom. The molecule has 5 N–H and O–H groups in total. The molecule has 1 fully saturated rings. The van der Waals surface area contributed by atoms with Gasteiger partial charge in [0, 0.05) is 28.5 Å². The smallest absolute Gasteiger partial charge is 0.316 e. The van der Waals surface area contributed by atoms with Crippen LogP contribution in [0.5, 0.6) is 0 Å². The Morgan fingerprint density at radius 1 is 0.923 bits per heavy atom. The van der Waals surface area contributed by atoms with Crippen LogP contribution in [0.1, 0.15) is 23.7 Å². The molecule has 1 aliphatic carbocycles. The van der Waals surface area contributed by atoms with Crippen LogP contribution in [0.25, 0.3) is 0 Å². The summed E-state index contributed by atoms with van der Waals surface area (Å²) >= 11 is 0. The minimum Gasteiger partial charge on any atom is -0.351 e. The minimum atomic E-state index is -0.679. The van der Waals surface area contributed by atoms with Gasteiger partial charge in [0.1, 0.15) is 0 Å². The fourth-order valence-electron chi connectivity index (χ4n) is 2.68. The first-order valence-corrected chi connectivity index (χ1v) is 8.31. The number of benzene rings is 2. The van der Waals surface area contributed by atoms with Crippen LogP contribution in [-0.2, 0) is 4.79 Å². The van der Waals surface area contributed by atoms with Gasteiger partial charge < -0.3 is 21.7 Å². The fraction of sp³-hybridized carbons (Fsp3) is 0.211. The zero-order valence-electron chi connectivity index (χ0n) is 14.3. The van der Waals surface area contributed by atoms with E-state index in [1.54, 1.807) is 48.5 Å². The van der Waals surface area contributed by atoms with Crippen molar-refractivity contribution in [3.05, 3.63) is 54.1 Å². The highest BCUT2D eigenvalue weighted by atomic mass is 16.2. The van der Waals surface area contributed by atoms with Gasteiger partial charge in [0.05, 0.1) is 0 Å². The van der Waals surface area contributed by atoms with Crippen molar-refractivity contribution in [3.8, 4) is 0 Å². The van der Waals surface area contributed by atoms with Crippen molar-refractivity contribution in [2.45, 2.75) is 13.3 Å². The lowest BCUT2D eigenvalue weighted by Gasteiger charge is -2.09. The van der Waals surface area contributed by atoms with Gasteiger partial charge in [-0.15, -0.1) is 0 Å². The van der Waals surface area contributed by atoms with Crippen LogP contribution in [0.4, 0.5) is 21.9 Å². The Hall–Kier alpha value is -3.35. The third-order valence-electron chi connectivity index (χ3n) is 4.23. The Labute approximate surface area is 151 Å². The van der Waals surface area contributed by atoms with Crippen LogP contribution < -0.4 is 21.7 Å². The van der Waals surface area contributed by atoms with Crippen molar-refractivity contribution in [2.75, 3.05) is 16.0 Å². The molecule has 0 spiro atoms. The number of nitrogens with two attached hydrogens (primary N) is 1. The van der Waals surface area contributed by atoms with E-state index >= 15 is 0 Å². The molecule has 3 rings (SSSR count). The highest BCUT2D eigenvalue weighted by molar-refractivity contribution is 6.06. The molecule has 2 atom stereocenters. The first kappa shape index (κ1) is 17.5. The van der Waals surface area contributed by atoms with Crippen LogP contribution in [0.3, 0.4) is 0 Å². The number of primary amides is 1. The quantitative estimate of drug-likeness (QED) is 0.663. The van der Waals surface area contributed by atoms with Crippen LogP contribution in [-0.4, -0.2) is 17.8 Å². The number of carbonyl (C=O) groups excluding carboxylic acids is 3. The molecule has 2 aromatic rings. The average molecular weight is 352 g/mol.